The minimum atomic E-state index is -4.25. The molecule has 1 rings (SSSR count). The van der Waals surface area contributed by atoms with E-state index in [2.05, 4.69) is 9.24 Å². The molecule has 0 nitrogen and oxygen atoms in total. The van der Waals surface area contributed by atoms with Crippen LogP contribution in [-0.2, 0) is 12.6 Å². The second kappa shape index (κ2) is 3.67. The van der Waals surface area contributed by atoms with Crippen LogP contribution < -0.4 is 5.30 Å². The zero-order valence-corrected chi connectivity index (χ0v) is 8.31. The van der Waals surface area contributed by atoms with Crippen molar-refractivity contribution in [2.45, 2.75) is 19.5 Å². The highest BCUT2D eigenvalue weighted by atomic mass is 31.0. The molecule has 0 N–H and O–H groups in total. The Kier molecular flexibility index (Phi) is 2.97. The van der Waals surface area contributed by atoms with E-state index in [1.807, 2.05) is 6.92 Å². The van der Waals surface area contributed by atoms with Gasteiger partial charge in [-0.25, -0.2) is 0 Å². The van der Waals surface area contributed by atoms with Crippen LogP contribution in [0.25, 0.3) is 0 Å². The molecule has 0 radical (unpaired) electrons. The standard InChI is InChI=1S/C9H10F3P/c1-2-6-4-3-5-7(8(6)13)9(10,11)12/h3-5H,2,13H2,1H3. The van der Waals surface area contributed by atoms with Crippen LogP contribution in [-0.4, -0.2) is 0 Å². The highest BCUT2D eigenvalue weighted by Gasteiger charge is 2.32. The van der Waals surface area contributed by atoms with E-state index in [0.29, 0.717) is 6.42 Å². The van der Waals surface area contributed by atoms with Gasteiger partial charge in [-0.05, 0) is 23.4 Å². The molecule has 0 aliphatic rings. The summed E-state index contributed by atoms with van der Waals surface area (Å²) in [6.45, 7) is 1.84. The van der Waals surface area contributed by atoms with Crippen molar-refractivity contribution in [3.8, 4) is 0 Å². The maximum Gasteiger partial charge on any atom is 0.417 e. The number of hydrogen-bond acceptors (Lipinski definition) is 0. The van der Waals surface area contributed by atoms with Crippen LogP contribution in [0.5, 0.6) is 0 Å². The number of halogens is 3. The Bertz CT molecular complexity index is 304. The molecule has 0 aliphatic carbocycles. The van der Waals surface area contributed by atoms with Gasteiger partial charge in [0.25, 0.3) is 0 Å². The first kappa shape index (κ1) is 10.5. The molecule has 1 atom stereocenters. The molecule has 0 heterocycles. The molecule has 1 unspecified atom stereocenters. The monoisotopic (exact) mass is 206 g/mol. The molecule has 1 aromatic rings. The highest BCUT2D eigenvalue weighted by Crippen LogP contribution is 2.29. The quantitative estimate of drug-likeness (QED) is 0.620. The summed E-state index contributed by atoms with van der Waals surface area (Å²) in [5.41, 5.74) is 0.164. The smallest absolute Gasteiger partial charge is 0.166 e. The Morgan fingerprint density at radius 3 is 2.38 bits per heavy atom. The van der Waals surface area contributed by atoms with Crippen molar-refractivity contribution >= 4 is 14.5 Å². The van der Waals surface area contributed by atoms with Crippen molar-refractivity contribution in [1.29, 1.82) is 0 Å². The Hall–Kier alpha value is -0.560. The molecule has 0 saturated heterocycles. The second-order valence-electron chi connectivity index (χ2n) is 2.73. The first-order chi connectivity index (χ1) is 5.96. The van der Waals surface area contributed by atoms with Gasteiger partial charge >= 0.3 is 6.18 Å². The van der Waals surface area contributed by atoms with Crippen molar-refractivity contribution in [2.24, 2.45) is 0 Å². The molecule has 0 bridgehead atoms. The Morgan fingerprint density at radius 1 is 1.31 bits per heavy atom. The number of aryl methyl sites for hydroxylation is 1. The second-order valence-corrected chi connectivity index (χ2v) is 3.31. The van der Waals surface area contributed by atoms with Crippen molar-refractivity contribution in [2.75, 3.05) is 0 Å². The molecular formula is C9H10F3P. The van der Waals surface area contributed by atoms with Gasteiger partial charge in [0.05, 0.1) is 5.56 Å². The third-order valence-electron chi connectivity index (χ3n) is 1.88. The van der Waals surface area contributed by atoms with E-state index >= 15 is 0 Å². The van der Waals surface area contributed by atoms with Gasteiger partial charge in [-0.3, -0.25) is 0 Å². The Balaban J connectivity index is 3.24. The van der Waals surface area contributed by atoms with Crippen molar-refractivity contribution < 1.29 is 13.2 Å². The van der Waals surface area contributed by atoms with E-state index in [4.69, 9.17) is 0 Å². The summed E-state index contributed by atoms with van der Waals surface area (Å²) in [5.74, 6) is 0. The molecule has 0 aromatic heterocycles. The predicted molar refractivity (Wildman–Crippen MR) is 50.2 cm³/mol. The molecular weight excluding hydrogens is 196 g/mol. The highest BCUT2D eigenvalue weighted by molar-refractivity contribution is 7.27. The summed E-state index contributed by atoms with van der Waals surface area (Å²) in [6.07, 6.45) is -3.63. The number of benzene rings is 1. The lowest BCUT2D eigenvalue weighted by Gasteiger charge is -2.12. The maximum atomic E-state index is 12.4. The molecule has 72 valence electrons. The number of alkyl halides is 3. The predicted octanol–water partition coefficient (Wildman–Crippen LogP) is 2.77. The van der Waals surface area contributed by atoms with Gasteiger partial charge in [-0.15, -0.1) is 9.24 Å². The molecule has 0 amide bonds. The van der Waals surface area contributed by atoms with Crippen LogP contribution in [0.2, 0.25) is 0 Å². The van der Waals surface area contributed by atoms with Crippen molar-refractivity contribution in [1.82, 2.24) is 0 Å². The van der Waals surface area contributed by atoms with Crippen LogP contribution in [0.1, 0.15) is 18.1 Å². The van der Waals surface area contributed by atoms with Gasteiger partial charge in [-0.2, -0.15) is 13.2 Å². The minimum Gasteiger partial charge on any atom is -0.166 e. The normalized spacial score (nSPS) is 11.8. The summed E-state index contributed by atoms with van der Waals surface area (Å²) in [5, 5.41) is 0.262. The molecule has 0 spiro atoms. The number of rotatable bonds is 1. The lowest BCUT2D eigenvalue weighted by Crippen LogP contribution is -2.17. The molecule has 0 saturated carbocycles. The molecule has 4 heteroatoms. The van der Waals surface area contributed by atoms with Crippen molar-refractivity contribution in [3.05, 3.63) is 29.3 Å². The third-order valence-corrected chi connectivity index (χ3v) is 2.56. The van der Waals surface area contributed by atoms with Crippen LogP contribution in [0.4, 0.5) is 13.2 Å². The maximum absolute atomic E-state index is 12.4. The Labute approximate surface area is 77.4 Å². The fourth-order valence-electron chi connectivity index (χ4n) is 1.17. The fraction of sp³-hybridized carbons (Fsp3) is 0.333. The summed E-state index contributed by atoms with van der Waals surface area (Å²) < 4.78 is 37.1. The topological polar surface area (TPSA) is 0 Å². The molecule has 0 aliphatic heterocycles. The fourth-order valence-corrected chi connectivity index (χ4v) is 1.73. The summed E-state index contributed by atoms with van der Waals surface area (Å²) in [6, 6.07) is 4.24. The van der Waals surface area contributed by atoms with Gasteiger partial charge in [0.2, 0.25) is 0 Å². The largest absolute Gasteiger partial charge is 0.417 e. The zero-order valence-electron chi connectivity index (χ0n) is 7.15. The minimum absolute atomic E-state index is 0.262. The average molecular weight is 206 g/mol. The van der Waals surface area contributed by atoms with Crippen LogP contribution in [0, 0.1) is 0 Å². The van der Waals surface area contributed by atoms with E-state index in [1.54, 1.807) is 6.07 Å². The Morgan fingerprint density at radius 2 is 1.92 bits per heavy atom. The van der Waals surface area contributed by atoms with E-state index < -0.39 is 11.7 Å². The van der Waals surface area contributed by atoms with Gasteiger partial charge < -0.3 is 0 Å². The first-order valence-electron chi connectivity index (χ1n) is 3.91. The van der Waals surface area contributed by atoms with Gasteiger partial charge in [-0.1, -0.05) is 19.1 Å². The van der Waals surface area contributed by atoms with E-state index in [-0.39, 0.29) is 5.30 Å². The number of hydrogen-bond donors (Lipinski definition) is 0. The summed E-state index contributed by atoms with van der Waals surface area (Å²) in [7, 11) is 2.16. The van der Waals surface area contributed by atoms with Crippen molar-refractivity contribution in [3.63, 3.8) is 0 Å². The lowest BCUT2D eigenvalue weighted by atomic mass is 10.1. The van der Waals surface area contributed by atoms with Gasteiger partial charge in [0.15, 0.2) is 0 Å². The SMILES string of the molecule is CCc1cccc(C(F)(F)F)c1P. The molecule has 13 heavy (non-hydrogen) atoms. The van der Waals surface area contributed by atoms with Crippen LogP contribution in [0.15, 0.2) is 18.2 Å². The lowest BCUT2D eigenvalue weighted by molar-refractivity contribution is -0.136. The third kappa shape index (κ3) is 2.22. The molecule has 1 aromatic carbocycles. The van der Waals surface area contributed by atoms with E-state index in [1.165, 1.54) is 6.07 Å². The van der Waals surface area contributed by atoms with E-state index in [9.17, 15) is 13.2 Å². The van der Waals surface area contributed by atoms with Gasteiger partial charge in [0.1, 0.15) is 0 Å². The average Bonchev–Trinajstić information content (AvgIpc) is 2.02. The zero-order chi connectivity index (χ0) is 10.1. The van der Waals surface area contributed by atoms with Crippen LogP contribution >= 0.6 is 9.24 Å². The van der Waals surface area contributed by atoms with Crippen LogP contribution in [0.3, 0.4) is 0 Å². The van der Waals surface area contributed by atoms with E-state index in [0.717, 1.165) is 11.6 Å². The molecule has 0 fully saturated rings. The summed E-state index contributed by atoms with van der Waals surface area (Å²) in [4.78, 5) is 0. The van der Waals surface area contributed by atoms with Gasteiger partial charge in [0, 0.05) is 0 Å². The summed E-state index contributed by atoms with van der Waals surface area (Å²) >= 11 is 0. The first-order valence-corrected chi connectivity index (χ1v) is 4.49.